The summed E-state index contributed by atoms with van der Waals surface area (Å²) in [6.07, 6.45) is 0. The third kappa shape index (κ3) is 1.75. The van der Waals surface area contributed by atoms with E-state index in [0.29, 0.717) is 4.47 Å². The highest BCUT2D eigenvalue weighted by Gasteiger charge is 2.07. The van der Waals surface area contributed by atoms with E-state index in [1.165, 1.54) is 12.1 Å². The molecule has 0 saturated carbocycles. The van der Waals surface area contributed by atoms with Crippen LogP contribution >= 0.6 is 27.5 Å². The van der Waals surface area contributed by atoms with E-state index in [1.807, 2.05) is 0 Å². The second-order valence-corrected chi connectivity index (χ2v) is 3.13. The van der Waals surface area contributed by atoms with Crippen LogP contribution in [-0.2, 0) is 0 Å². The van der Waals surface area contributed by atoms with Gasteiger partial charge in [0.05, 0.1) is 5.02 Å². The second-order valence-electron chi connectivity index (χ2n) is 1.81. The largest absolute Gasteiger partial charge is 0.203 e. The minimum Gasteiger partial charge on any atom is -0.203 e. The van der Waals surface area contributed by atoms with Crippen LogP contribution in [0, 0.1) is 10.7 Å². The molecule has 0 unspecified atom stereocenters. The van der Waals surface area contributed by atoms with Crippen LogP contribution in [-0.4, -0.2) is 0 Å². The molecule has 2 nitrogen and oxygen atoms in total. The van der Waals surface area contributed by atoms with Crippen LogP contribution in [0.25, 0.3) is 0 Å². The third-order valence-electron chi connectivity index (χ3n) is 1.07. The summed E-state index contributed by atoms with van der Waals surface area (Å²) in [5.74, 6) is -0.787. The van der Waals surface area contributed by atoms with Gasteiger partial charge >= 0.3 is 0 Å². The molecule has 0 atom stereocenters. The number of nitroso groups, excluding NO2 is 1. The zero-order valence-electron chi connectivity index (χ0n) is 5.14. The number of halogens is 3. The lowest BCUT2D eigenvalue weighted by Crippen LogP contribution is -1.77. The molecule has 1 rings (SSSR count). The standard InChI is InChI=1S/C6H2BrClFNO/c7-3-1-4(8)6(9)5(2-3)10-11/h1-2H. The van der Waals surface area contributed by atoms with Gasteiger partial charge in [0.25, 0.3) is 0 Å². The maximum absolute atomic E-state index is 12.7. The average molecular weight is 238 g/mol. The van der Waals surface area contributed by atoms with E-state index in [0.717, 1.165) is 0 Å². The molecule has 0 aromatic heterocycles. The van der Waals surface area contributed by atoms with Gasteiger partial charge in [0.2, 0.25) is 0 Å². The van der Waals surface area contributed by atoms with Crippen LogP contribution in [0.15, 0.2) is 21.8 Å². The van der Waals surface area contributed by atoms with Crippen molar-refractivity contribution in [1.29, 1.82) is 0 Å². The van der Waals surface area contributed by atoms with E-state index in [4.69, 9.17) is 11.6 Å². The molecule has 0 heterocycles. The molecule has 0 fully saturated rings. The fourth-order valence-electron chi connectivity index (χ4n) is 0.609. The van der Waals surface area contributed by atoms with Crippen molar-refractivity contribution < 1.29 is 4.39 Å². The van der Waals surface area contributed by atoms with Crippen molar-refractivity contribution in [3.8, 4) is 0 Å². The molecule has 5 heteroatoms. The molecular formula is C6H2BrClFNO. The summed E-state index contributed by atoms with van der Waals surface area (Å²) in [4.78, 5) is 9.96. The van der Waals surface area contributed by atoms with Gasteiger partial charge in [0.15, 0.2) is 5.82 Å². The molecule has 0 radical (unpaired) electrons. The summed E-state index contributed by atoms with van der Waals surface area (Å²) >= 11 is 8.43. The molecular weight excluding hydrogens is 236 g/mol. The maximum Gasteiger partial charge on any atom is 0.171 e. The summed E-state index contributed by atoms with van der Waals surface area (Å²) in [7, 11) is 0. The first-order chi connectivity index (χ1) is 5.15. The normalized spacial score (nSPS) is 9.73. The summed E-state index contributed by atoms with van der Waals surface area (Å²) in [6, 6.07) is 2.61. The molecule has 0 aliphatic heterocycles. The molecule has 0 aliphatic rings. The molecule has 0 saturated heterocycles. The highest BCUT2D eigenvalue weighted by molar-refractivity contribution is 9.10. The Bertz CT molecular complexity index is 305. The molecule has 0 spiro atoms. The summed E-state index contributed by atoms with van der Waals surface area (Å²) in [5, 5.41) is 2.34. The zero-order chi connectivity index (χ0) is 8.43. The van der Waals surface area contributed by atoms with Gasteiger partial charge in [-0.3, -0.25) is 0 Å². The second kappa shape index (κ2) is 3.28. The van der Waals surface area contributed by atoms with Crippen LogP contribution in [0.5, 0.6) is 0 Å². The van der Waals surface area contributed by atoms with Crippen molar-refractivity contribution in [3.05, 3.63) is 32.4 Å². The van der Waals surface area contributed by atoms with Crippen LogP contribution in [0.3, 0.4) is 0 Å². The molecule has 0 N–H and O–H groups in total. The van der Waals surface area contributed by atoms with Crippen LogP contribution in [0.1, 0.15) is 0 Å². The first kappa shape index (κ1) is 8.62. The molecule has 0 aliphatic carbocycles. The van der Waals surface area contributed by atoms with Crippen molar-refractivity contribution in [2.45, 2.75) is 0 Å². The Morgan fingerprint density at radius 1 is 1.55 bits per heavy atom. The minimum atomic E-state index is -0.787. The fourth-order valence-corrected chi connectivity index (χ4v) is 1.40. The number of nitrogens with zero attached hydrogens (tertiary/aromatic N) is 1. The molecule has 0 amide bonds. The van der Waals surface area contributed by atoms with Crippen molar-refractivity contribution >= 4 is 33.2 Å². The topological polar surface area (TPSA) is 29.4 Å². The maximum atomic E-state index is 12.7. The first-order valence-electron chi connectivity index (χ1n) is 2.63. The van der Waals surface area contributed by atoms with Crippen molar-refractivity contribution in [1.82, 2.24) is 0 Å². The van der Waals surface area contributed by atoms with E-state index < -0.39 is 5.82 Å². The first-order valence-corrected chi connectivity index (χ1v) is 3.80. The van der Waals surface area contributed by atoms with Gasteiger partial charge in [0.1, 0.15) is 5.69 Å². The molecule has 1 aromatic carbocycles. The Hall–Kier alpha value is -0.480. The Morgan fingerprint density at radius 3 is 2.73 bits per heavy atom. The molecule has 1 aromatic rings. The lowest BCUT2D eigenvalue weighted by Gasteiger charge is -1.96. The lowest BCUT2D eigenvalue weighted by atomic mass is 10.3. The predicted molar refractivity (Wildman–Crippen MR) is 44.6 cm³/mol. The van der Waals surface area contributed by atoms with Gasteiger partial charge in [-0.25, -0.2) is 4.39 Å². The van der Waals surface area contributed by atoms with E-state index in [9.17, 15) is 9.30 Å². The predicted octanol–water partition coefficient (Wildman–Crippen LogP) is 3.64. The van der Waals surface area contributed by atoms with E-state index >= 15 is 0 Å². The van der Waals surface area contributed by atoms with Gasteiger partial charge in [-0.15, -0.1) is 4.91 Å². The monoisotopic (exact) mass is 237 g/mol. The van der Waals surface area contributed by atoms with Gasteiger partial charge < -0.3 is 0 Å². The van der Waals surface area contributed by atoms with Crippen LogP contribution in [0.4, 0.5) is 10.1 Å². The fraction of sp³-hybridized carbons (Fsp3) is 0. The smallest absolute Gasteiger partial charge is 0.171 e. The van der Waals surface area contributed by atoms with Gasteiger partial charge in [0, 0.05) is 4.47 Å². The zero-order valence-corrected chi connectivity index (χ0v) is 7.49. The number of rotatable bonds is 1. The van der Waals surface area contributed by atoms with E-state index in [2.05, 4.69) is 21.1 Å². The Labute approximate surface area is 75.5 Å². The van der Waals surface area contributed by atoms with E-state index in [1.54, 1.807) is 0 Å². The molecule has 11 heavy (non-hydrogen) atoms. The highest BCUT2D eigenvalue weighted by atomic mass is 79.9. The van der Waals surface area contributed by atoms with Crippen molar-refractivity contribution in [3.63, 3.8) is 0 Å². The minimum absolute atomic E-state index is 0.117. The Balaban J connectivity index is 3.35. The van der Waals surface area contributed by atoms with Crippen molar-refractivity contribution in [2.75, 3.05) is 0 Å². The Morgan fingerprint density at radius 2 is 2.18 bits per heavy atom. The number of hydrogen-bond acceptors (Lipinski definition) is 2. The van der Waals surface area contributed by atoms with Gasteiger partial charge in [-0.2, -0.15) is 0 Å². The van der Waals surface area contributed by atoms with Gasteiger partial charge in [-0.1, -0.05) is 27.5 Å². The van der Waals surface area contributed by atoms with Crippen LogP contribution in [0.2, 0.25) is 5.02 Å². The van der Waals surface area contributed by atoms with Crippen LogP contribution < -0.4 is 0 Å². The summed E-state index contributed by atoms with van der Waals surface area (Å²) in [6.45, 7) is 0. The third-order valence-corrected chi connectivity index (χ3v) is 1.80. The summed E-state index contributed by atoms with van der Waals surface area (Å²) in [5.41, 5.74) is -0.288. The molecule has 0 bridgehead atoms. The summed E-state index contributed by atoms with van der Waals surface area (Å²) < 4.78 is 13.3. The van der Waals surface area contributed by atoms with E-state index in [-0.39, 0.29) is 10.7 Å². The number of hydrogen-bond donors (Lipinski definition) is 0. The van der Waals surface area contributed by atoms with Crippen molar-refractivity contribution in [2.24, 2.45) is 5.18 Å². The SMILES string of the molecule is O=Nc1cc(Br)cc(Cl)c1F. The Kier molecular flexibility index (Phi) is 2.57. The average Bonchev–Trinajstić information content (AvgIpc) is 1.96. The number of benzene rings is 1. The lowest BCUT2D eigenvalue weighted by molar-refractivity contribution is 0.630. The quantitative estimate of drug-likeness (QED) is 0.542. The molecule has 58 valence electrons. The highest BCUT2D eigenvalue weighted by Crippen LogP contribution is 2.29. The van der Waals surface area contributed by atoms with Gasteiger partial charge in [-0.05, 0) is 17.3 Å².